The van der Waals surface area contributed by atoms with E-state index >= 15 is 0 Å². The summed E-state index contributed by atoms with van der Waals surface area (Å²) in [6, 6.07) is 17.8. The molecule has 0 unspecified atom stereocenters. The summed E-state index contributed by atoms with van der Waals surface area (Å²) >= 11 is 0. The maximum absolute atomic E-state index is 4.50. The molecule has 0 bridgehead atoms. The van der Waals surface area contributed by atoms with E-state index in [0.717, 1.165) is 17.1 Å². The number of hydrogen-bond donors (Lipinski definition) is 0. The fourth-order valence-corrected chi connectivity index (χ4v) is 1.70. The van der Waals surface area contributed by atoms with Crippen LogP contribution in [0.4, 0.5) is 0 Å². The molecule has 1 aromatic carbocycles. The fourth-order valence-electron chi connectivity index (χ4n) is 1.70. The lowest BCUT2D eigenvalue weighted by atomic mass is 10.3. The molecule has 0 spiro atoms. The zero-order valence-corrected chi connectivity index (χ0v) is 9.19. The standard InChI is InChI=1S/C14H11N3/c1-2-6-12(7-3-1)17-11-9-14(16-17)13-8-4-5-10-15-13/h1-11H. The number of rotatable bonds is 2. The van der Waals surface area contributed by atoms with Crippen LogP contribution in [-0.2, 0) is 0 Å². The Bertz CT molecular complexity index is 546. The molecular formula is C14H11N3. The van der Waals surface area contributed by atoms with Gasteiger partial charge in [-0.25, -0.2) is 4.68 Å². The molecule has 0 fully saturated rings. The van der Waals surface area contributed by atoms with Crippen LogP contribution in [0.3, 0.4) is 0 Å². The van der Waals surface area contributed by atoms with E-state index in [1.165, 1.54) is 0 Å². The summed E-state index contributed by atoms with van der Waals surface area (Å²) in [5.41, 5.74) is 2.83. The minimum absolute atomic E-state index is 0.884. The van der Waals surface area contributed by atoms with Gasteiger partial charge in [-0.2, -0.15) is 5.10 Å². The normalized spacial score (nSPS) is 10.4. The van der Waals surface area contributed by atoms with E-state index in [9.17, 15) is 0 Å². The molecule has 0 radical (unpaired) electrons. The van der Waals surface area contributed by atoms with Gasteiger partial charge >= 0.3 is 0 Å². The number of benzene rings is 1. The number of para-hydroxylation sites is 1. The Morgan fingerprint density at radius 1 is 0.765 bits per heavy atom. The molecule has 3 heteroatoms. The Morgan fingerprint density at radius 3 is 2.35 bits per heavy atom. The lowest BCUT2D eigenvalue weighted by molar-refractivity contribution is 0.882. The Labute approximate surface area is 99.4 Å². The topological polar surface area (TPSA) is 30.7 Å². The van der Waals surface area contributed by atoms with E-state index in [1.54, 1.807) is 6.20 Å². The summed E-state index contributed by atoms with van der Waals surface area (Å²) in [6.07, 6.45) is 3.72. The first-order valence-electron chi connectivity index (χ1n) is 5.46. The van der Waals surface area contributed by atoms with Crippen LogP contribution >= 0.6 is 0 Å². The van der Waals surface area contributed by atoms with Crippen LogP contribution in [-0.4, -0.2) is 14.8 Å². The van der Waals surface area contributed by atoms with Crippen molar-refractivity contribution in [3.05, 3.63) is 67.0 Å². The van der Waals surface area contributed by atoms with Gasteiger partial charge in [-0.1, -0.05) is 24.3 Å². The summed E-state index contributed by atoms with van der Waals surface area (Å²) in [6.45, 7) is 0. The van der Waals surface area contributed by atoms with E-state index in [0.29, 0.717) is 0 Å². The van der Waals surface area contributed by atoms with Crippen molar-refractivity contribution in [2.45, 2.75) is 0 Å². The zero-order valence-electron chi connectivity index (χ0n) is 9.19. The van der Waals surface area contributed by atoms with Crippen molar-refractivity contribution >= 4 is 0 Å². The molecule has 0 saturated carbocycles. The highest BCUT2D eigenvalue weighted by Crippen LogP contribution is 2.15. The van der Waals surface area contributed by atoms with Gasteiger partial charge in [0, 0.05) is 12.4 Å². The van der Waals surface area contributed by atoms with Crippen LogP contribution in [0.2, 0.25) is 0 Å². The van der Waals surface area contributed by atoms with Gasteiger partial charge in [-0.15, -0.1) is 0 Å². The largest absolute Gasteiger partial charge is 0.255 e. The quantitative estimate of drug-likeness (QED) is 0.666. The highest BCUT2D eigenvalue weighted by atomic mass is 15.3. The third kappa shape index (κ3) is 1.95. The fraction of sp³-hybridized carbons (Fsp3) is 0. The maximum atomic E-state index is 4.50. The van der Waals surface area contributed by atoms with Gasteiger partial charge in [0.15, 0.2) is 0 Å². The molecule has 0 aliphatic rings. The van der Waals surface area contributed by atoms with Gasteiger partial charge in [0.05, 0.1) is 11.4 Å². The number of pyridine rings is 1. The van der Waals surface area contributed by atoms with E-state index in [-0.39, 0.29) is 0 Å². The van der Waals surface area contributed by atoms with Crippen molar-refractivity contribution in [2.24, 2.45) is 0 Å². The lowest BCUT2D eigenvalue weighted by Crippen LogP contribution is -1.94. The molecule has 0 N–H and O–H groups in total. The second kappa shape index (κ2) is 4.22. The molecule has 0 saturated heterocycles. The first-order valence-corrected chi connectivity index (χ1v) is 5.46. The Hall–Kier alpha value is -2.42. The van der Waals surface area contributed by atoms with Crippen LogP contribution in [0.1, 0.15) is 0 Å². The van der Waals surface area contributed by atoms with E-state index in [1.807, 2.05) is 65.5 Å². The van der Waals surface area contributed by atoms with Crippen molar-refractivity contribution < 1.29 is 0 Å². The summed E-state index contributed by atoms with van der Waals surface area (Å²) in [4.78, 5) is 4.28. The predicted octanol–water partition coefficient (Wildman–Crippen LogP) is 2.93. The summed E-state index contributed by atoms with van der Waals surface area (Å²) in [5.74, 6) is 0. The van der Waals surface area contributed by atoms with Crippen LogP contribution in [0, 0.1) is 0 Å². The van der Waals surface area contributed by atoms with Crippen molar-refractivity contribution in [1.82, 2.24) is 14.8 Å². The first-order chi connectivity index (χ1) is 8.43. The van der Waals surface area contributed by atoms with Crippen molar-refractivity contribution in [2.75, 3.05) is 0 Å². The number of aromatic nitrogens is 3. The number of nitrogens with zero attached hydrogens (tertiary/aromatic N) is 3. The lowest BCUT2D eigenvalue weighted by Gasteiger charge is -1.99. The second-order valence-electron chi connectivity index (χ2n) is 3.70. The first kappa shape index (κ1) is 9.78. The summed E-state index contributed by atoms with van der Waals surface area (Å²) in [5, 5.41) is 4.50. The minimum Gasteiger partial charge on any atom is -0.255 e. The van der Waals surface area contributed by atoms with Gasteiger partial charge in [-0.3, -0.25) is 4.98 Å². The van der Waals surface area contributed by atoms with Crippen molar-refractivity contribution in [3.63, 3.8) is 0 Å². The third-order valence-corrected chi connectivity index (χ3v) is 2.54. The number of hydrogen-bond acceptors (Lipinski definition) is 2. The van der Waals surface area contributed by atoms with Gasteiger partial charge in [0.2, 0.25) is 0 Å². The summed E-state index contributed by atoms with van der Waals surface area (Å²) < 4.78 is 1.85. The second-order valence-corrected chi connectivity index (χ2v) is 3.70. The highest BCUT2D eigenvalue weighted by molar-refractivity contribution is 5.53. The third-order valence-electron chi connectivity index (χ3n) is 2.54. The smallest absolute Gasteiger partial charge is 0.111 e. The molecule has 0 amide bonds. The molecule has 3 nitrogen and oxygen atoms in total. The molecular weight excluding hydrogens is 210 g/mol. The molecule has 3 rings (SSSR count). The van der Waals surface area contributed by atoms with Crippen molar-refractivity contribution in [1.29, 1.82) is 0 Å². The minimum atomic E-state index is 0.884. The average molecular weight is 221 g/mol. The Morgan fingerprint density at radius 2 is 1.59 bits per heavy atom. The molecule has 17 heavy (non-hydrogen) atoms. The molecule has 2 aromatic heterocycles. The van der Waals surface area contributed by atoms with Gasteiger partial charge < -0.3 is 0 Å². The molecule has 0 atom stereocenters. The Kier molecular flexibility index (Phi) is 2.43. The van der Waals surface area contributed by atoms with Gasteiger partial charge in [0.25, 0.3) is 0 Å². The van der Waals surface area contributed by atoms with E-state index < -0.39 is 0 Å². The summed E-state index contributed by atoms with van der Waals surface area (Å²) in [7, 11) is 0. The highest BCUT2D eigenvalue weighted by Gasteiger charge is 2.03. The Balaban J connectivity index is 1.99. The molecule has 0 aliphatic heterocycles. The van der Waals surface area contributed by atoms with Crippen LogP contribution in [0.25, 0.3) is 17.1 Å². The maximum Gasteiger partial charge on any atom is 0.111 e. The van der Waals surface area contributed by atoms with Crippen LogP contribution in [0.5, 0.6) is 0 Å². The van der Waals surface area contributed by atoms with Crippen LogP contribution in [0.15, 0.2) is 67.0 Å². The zero-order chi connectivity index (χ0) is 11.5. The van der Waals surface area contributed by atoms with Gasteiger partial charge in [-0.05, 0) is 30.3 Å². The van der Waals surface area contributed by atoms with Gasteiger partial charge in [0.1, 0.15) is 5.69 Å². The predicted molar refractivity (Wildman–Crippen MR) is 66.8 cm³/mol. The van der Waals surface area contributed by atoms with E-state index in [4.69, 9.17) is 0 Å². The average Bonchev–Trinajstić information content (AvgIpc) is 2.90. The SMILES string of the molecule is c1ccc(-n2ccc(-c3ccccn3)n2)cc1. The van der Waals surface area contributed by atoms with Crippen molar-refractivity contribution in [3.8, 4) is 17.1 Å². The molecule has 3 aromatic rings. The van der Waals surface area contributed by atoms with Crippen LogP contribution < -0.4 is 0 Å². The molecule has 2 heterocycles. The molecule has 0 aliphatic carbocycles. The van der Waals surface area contributed by atoms with E-state index in [2.05, 4.69) is 10.1 Å². The molecule has 82 valence electrons. The monoisotopic (exact) mass is 221 g/mol.